The smallest absolute Gasteiger partial charge is 0.342 e. The molecule has 0 saturated carbocycles. The number of fused-ring (bicyclic) bond motifs is 1. The second-order valence-electron chi connectivity index (χ2n) is 5.99. The molecule has 0 atom stereocenters. The molecule has 3 heterocycles. The van der Waals surface area contributed by atoms with E-state index in [0.29, 0.717) is 22.6 Å². The van der Waals surface area contributed by atoms with Gasteiger partial charge in [-0.25, -0.2) is 18.7 Å². The lowest BCUT2D eigenvalue weighted by atomic mass is 10.00. The average molecular weight is 362 g/mol. The second kappa shape index (κ2) is 6.60. The third-order valence-electron chi connectivity index (χ3n) is 4.25. The van der Waals surface area contributed by atoms with Crippen molar-refractivity contribution >= 4 is 11.6 Å². The summed E-state index contributed by atoms with van der Waals surface area (Å²) in [7, 11) is 1.31. The van der Waals surface area contributed by atoms with Crippen LogP contribution in [0.25, 0.3) is 28.2 Å². The number of pyridine rings is 2. The van der Waals surface area contributed by atoms with E-state index in [0.717, 1.165) is 11.3 Å². The molecule has 134 valence electrons. The minimum Gasteiger partial charge on any atom is -0.465 e. The number of esters is 1. The Morgan fingerprint density at radius 3 is 2.59 bits per heavy atom. The Morgan fingerprint density at radius 1 is 1.15 bits per heavy atom. The predicted molar refractivity (Wildman–Crippen MR) is 97.7 cm³/mol. The van der Waals surface area contributed by atoms with Crippen LogP contribution in [0.5, 0.6) is 0 Å². The fourth-order valence-corrected chi connectivity index (χ4v) is 2.96. The maximum absolute atomic E-state index is 13.3. The molecule has 0 fully saturated rings. The first-order valence-corrected chi connectivity index (χ1v) is 8.23. The van der Waals surface area contributed by atoms with Gasteiger partial charge in [-0.1, -0.05) is 12.1 Å². The summed E-state index contributed by atoms with van der Waals surface area (Å²) < 4.78 is 19.9. The Labute approximate surface area is 154 Å². The number of carbonyl (C=O) groups excluding carboxylic acids is 1. The highest BCUT2D eigenvalue weighted by Gasteiger charge is 2.23. The predicted octanol–water partition coefficient (Wildman–Crippen LogP) is 3.69. The minimum absolute atomic E-state index is 0.275. The number of ether oxygens (including phenoxy) is 1. The summed E-state index contributed by atoms with van der Waals surface area (Å²) in [5.74, 6) is -0.436. The zero-order chi connectivity index (χ0) is 19.0. The first-order chi connectivity index (χ1) is 13.1. The average Bonchev–Trinajstić information content (AvgIpc) is 3.14. The van der Waals surface area contributed by atoms with Crippen molar-refractivity contribution in [1.82, 2.24) is 19.6 Å². The van der Waals surface area contributed by atoms with Crippen molar-refractivity contribution in [2.75, 3.05) is 7.11 Å². The van der Waals surface area contributed by atoms with Gasteiger partial charge in [0.05, 0.1) is 7.11 Å². The molecular formula is C20H15FN4O2. The Morgan fingerprint density at radius 2 is 1.93 bits per heavy atom. The van der Waals surface area contributed by atoms with Crippen LogP contribution in [0, 0.1) is 12.7 Å². The highest BCUT2D eigenvalue weighted by atomic mass is 19.1. The van der Waals surface area contributed by atoms with Crippen LogP contribution in [0.15, 0.2) is 54.9 Å². The summed E-state index contributed by atoms with van der Waals surface area (Å²) in [5.41, 5.74) is 3.46. The van der Waals surface area contributed by atoms with Gasteiger partial charge in [0.1, 0.15) is 11.4 Å². The third kappa shape index (κ3) is 2.93. The maximum atomic E-state index is 13.3. The molecule has 3 aromatic heterocycles. The lowest BCUT2D eigenvalue weighted by Crippen LogP contribution is -2.09. The lowest BCUT2D eigenvalue weighted by molar-refractivity contribution is 0.0603. The van der Waals surface area contributed by atoms with E-state index in [-0.39, 0.29) is 11.4 Å². The highest BCUT2D eigenvalue weighted by Crippen LogP contribution is 2.30. The molecule has 27 heavy (non-hydrogen) atoms. The molecule has 0 aliphatic heterocycles. The molecule has 0 saturated heterocycles. The van der Waals surface area contributed by atoms with Gasteiger partial charge in [-0.2, -0.15) is 0 Å². The number of aromatic nitrogens is 4. The van der Waals surface area contributed by atoms with Crippen molar-refractivity contribution in [2.24, 2.45) is 0 Å². The Bertz CT molecular complexity index is 1140. The van der Waals surface area contributed by atoms with Gasteiger partial charge in [-0.05, 0) is 42.8 Å². The molecule has 6 nitrogen and oxygen atoms in total. The van der Waals surface area contributed by atoms with E-state index in [1.807, 2.05) is 19.1 Å². The second-order valence-corrected chi connectivity index (χ2v) is 5.99. The van der Waals surface area contributed by atoms with Crippen LogP contribution >= 0.6 is 0 Å². The van der Waals surface area contributed by atoms with Crippen LogP contribution in [-0.2, 0) is 4.74 Å². The van der Waals surface area contributed by atoms with Crippen molar-refractivity contribution in [3.63, 3.8) is 0 Å². The number of aryl methyl sites for hydroxylation is 1. The Hall–Kier alpha value is -3.61. The summed E-state index contributed by atoms with van der Waals surface area (Å²) in [6.07, 6.45) is 3.32. The van der Waals surface area contributed by atoms with E-state index in [2.05, 4.69) is 15.1 Å². The van der Waals surface area contributed by atoms with Gasteiger partial charge in [-0.3, -0.25) is 4.98 Å². The van der Waals surface area contributed by atoms with E-state index in [4.69, 9.17) is 4.74 Å². The van der Waals surface area contributed by atoms with Crippen LogP contribution in [0.4, 0.5) is 4.39 Å². The van der Waals surface area contributed by atoms with Gasteiger partial charge < -0.3 is 4.74 Å². The van der Waals surface area contributed by atoms with Gasteiger partial charge in [-0.15, -0.1) is 5.10 Å². The number of halogens is 1. The van der Waals surface area contributed by atoms with Gasteiger partial charge in [0.2, 0.25) is 0 Å². The van der Waals surface area contributed by atoms with Crippen LogP contribution in [0.1, 0.15) is 16.1 Å². The van der Waals surface area contributed by atoms with Crippen LogP contribution < -0.4 is 0 Å². The number of nitrogens with zero attached hydrogens (tertiary/aromatic N) is 4. The fraction of sp³-hybridized carbons (Fsp3) is 0.100. The van der Waals surface area contributed by atoms with Crippen molar-refractivity contribution in [3.8, 4) is 22.5 Å². The van der Waals surface area contributed by atoms with E-state index in [1.165, 1.54) is 19.2 Å². The highest BCUT2D eigenvalue weighted by molar-refractivity contribution is 6.03. The summed E-state index contributed by atoms with van der Waals surface area (Å²) in [6, 6.07) is 11.4. The minimum atomic E-state index is -0.538. The molecule has 0 N–H and O–H groups in total. The van der Waals surface area contributed by atoms with Crippen molar-refractivity contribution < 1.29 is 13.9 Å². The topological polar surface area (TPSA) is 69.4 Å². The van der Waals surface area contributed by atoms with Crippen molar-refractivity contribution in [2.45, 2.75) is 6.92 Å². The number of rotatable bonds is 3. The first-order valence-electron chi connectivity index (χ1n) is 8.23. The van der Waals surface area contributed by atoms with Gasteiger partial charge in [0.25, 0.3) is 0 Å². The standard InChI is InChI=1S/C20H15FN4O2/c1-12-10-16(13-5-7-15(21)8-6-13)17(20(26)27-2)19-23-18(24-25(12)19)14-4-3-9-22-11-14/h3-11H,1-2H3. The molecule has 0 aliphatic carbocycles. The number of hydrogen-bond acceptors (Lipinski definition) is 5. The molecule has 1 aromatic carbocycles. The van der Waals surface area contributed by atoms with E-state index >= 15 is 0 Å². The molecule has 0 aliphatic rings. The first kappa shape index (κ1) is 16.8. The van der Waals surface area contributed by atoms with Crippen LogP contribution in [0.3, 0.4) is 0 Å². The van der Waals surface area contributed by atoms with E-state index in [9.17, 15) is 9.18 Å². The number of methoxy groups -OCH3 is 1. The third-order valence-corrected chi connectivity index (χ3v) is 4.25. The monoisotopic (exact) mass is 362 g/mol. The number of hydrogen-bond donors (Lipinski definition) is 0. The quantitative estimate of drug-likeness (QED) is 0.520. The fourth-order valence-electron chi connectivity index (χ4n) is 2.96. The molecule has 0 spiro atoms. The molecule has 0 amide bonds. The van der Waals surface area contributed by atoms with E-state index < -0.39 is 5.97 Å². The number of benzene rings is 1. The lowest BCUT2D eigenvalue weighted by Gasteiger charge is -2.11. The summed E-state index contributed by atoms with van der Waals surface area (Å²) in [5, 5.41) is 4.51. The molecule has 7 heteroatoms. The molecular weight excluding hydrogens is 347 g/mol. The van der Waals surface area contributed by atoms with Crippen molar-refractivity contribution in [1.29, 1.82) is 0 Å². The largest absolute Gasteiger partial charge is 0.465 e. The normalized spacial score (nSPS) is 10.9. The van der Waals surface area contributed by atoms with E-state index in [1.54, 1.807) is 35.1 Å². The molecule has 0 unspecified atom stereocenters. The van der Waals surface area contributed by atoms with Crippen LogP contribution in [-0.4, -0.2) is 32.7 Å². The molecule has 0 radical (unpaired) electrons. The summed E-state index contributed by atoms with van der Waals surface area (Å²) in [4.78, 5) is 21.2. The summed E-state index contributed by atoms with van der Waals surface area (Å²) >= 11 is 0. The Kier molecular flexibility index (Phi) is 4.12. The van der Waals surface area contributed by atoms with Crippen molar-refractivity contribution in [3.05, 3.63) is 71.9 Å². The molecule has 0 bridgehead atoms. The van der Waals surface area contributed by atoms with Gasteiger partial charge in [0, 0.05) is 29.2 Å². The maximum Gasteiger partial charge on any atom is 0.342 e. The Balaban J connectivity index is 2.02. The zero-order valence-electron chi connectivity index (χ0n) is 14.7. The van der Waals surface area contributed by atoms with Crippen LogP contribution in [0.2, 0.25) is 0 Å². The molecule has 4 aromatic rings. The SMILES string of the molecule is COC(=O)c1c(-c2ccc(F)cc2)cc(C)n2nc(-c3cccnc3)nc12. The number of carbonyl (C=O) groups is 1. The van der Waals surface area contributed by atoms with Gasteiger partial charge in [0.15, 0.2) is 11.5 Å². The zero-order valence-corrected chi connectivity index (χ0v) is 14.7. The summed E-state index contributed by atoms with van der Waals surface area (Å²) in [6.45, 7) is 1.86. The molecule has 4 rings (SSSR count). The van der Waals surface area contributed by atoms with Gasteiger partial charge >= 0.3 is 5.97 Å².